The zero-order chi connectivity index (χ0) is 13.9. The SMILES string of the molecule is CCCNC1c2ccccc2CC1n1ccnc1CC. The van der Waals surface area contributed by atoms with E-state index >= 15 is 0 Å². The number of fused-ring (bicyclic) bond motifs is 1. The second kappa shape index (κ2) is 5.80. The number of nitrogens with zero attached hydrogens (tertiary/aromatic N) is 2. The molecule has 2 aromatic rings. The Morgan fingerprint density at radius 3 is 2.95 bits per heavy atom. The van der Waals surface area contributed by atoms with Crippen LogP contribution in [0, 0.1) is 0 Å². The lowest BCUT2D eigenvalue weighted by molar-refractivity contribution is 0.373. The Labute approximate surface area is 121 Å². The molecule has 106 valence electrons. The van der Waals surface area contributed by atoms with E-state index in [2.05, 4.69) is 59.2 Å². The van der Waals surface area contributed by atoms with Crippen molar-refractivity contribution in [3.05, 3.63) is 53.6 Å². The van der Waals surface area contributed by atoms with Gasteiger partial charge in [0.25, 0.3) is 0 Å². The van der Waals surface area contributed by atoms with Crippen molar-refractivity contribution < 1.29 is 0 Å². The van der Waals surface area contributed by atoms with E-state index in [1.54, 1.807) is 0 Å². The first-order valence-corrected chi connectivity index (χ1v) is 7.68. The summed E-state index contributed by atoms with van der Waals surface area (Å²) in [4.78, 5) is 4.49. The largest absolute Gasteiger partial charge is 0.330 e. The lowest BCUT2D eigenvalue weighted by Gasteiger charge is -2.24. The monoisotopic (exact) mass is 269 g/mol. The van der Waals surface area contributed by atoms with Crippen LogP contribution in [0.25, 0.3) is 0 Å². The van der Waals surface area contributed by atoms with E-state index in [1.807, 2.05) is 6.20 Å². The van der Waals surface area contributed by atoms with Crippen molar-refractivity contribution in [2.45, 2.75) is 45.2 Å². The molecule has 0 saturated heterocycles. The third-order valence-electron chi connectivity index (χ3n) is 4.24. The summed E-state index contributed by atoms with van der Waals surface area (Å²) in [5, 5.41) is 3.73. The highest BCUT2D eigenvalue weighted by molar-refractivity contribution is 5.37. The summed E-state index contributed by atoms with van der Waals surface area (Å²) in [5.41, 5.74) is 2.93. The molecule has 0 fully saturated rings. The van der Waals surface area contributed by atoms with Gasteiger partial charge in [-0.2, -0.15) is 0 Å². The van der Waals surface area contributed by atoms with Gasteiger partial charge in [-0.15, -0.1) is 0 Å². The van der Waals surface area contributed by atoms with Gasteiger partial charge in [0.05, 0.1) is 12.1 Å². The molecule has 1 N–H and O–H groups in total. The Morgan fingerprint density at radius 1 is 1.30 bits per heavy atom. The molecule has 0 amide bonds. The van der Waals surface area contributed by atoms with E-state index in [0.717, 1.165) is 25.8 Å². The number of imidazole rings is 1. The standard InChI is InChI=1S/C17H23N3/c1-3-9-19-17-14-8-6-5-7-13(14)12-15(17)20-11-10-18-16(20)4-2/h5-8,10-11,15,17,19H,3-4,9,12H2,1-2H3. The fourth-order valence-corrected chi connectivity index (χ4v) is 3.30. The number of benzene rings is 1. The molecule has 3 rings (SSSR count). The van der Waals surface area contributed by atoms with Gasteiger partial charge in [0.2, 0.25) is 0 Å². The normalized spacial score (nSPS) is 21.1. The van der Waals surface area contributed by atoms with Gasteiger partial charge in [-0.05, 0) is 30.5 Å². The second-order valence-corrected chi connectivity index (χ2v) is 5.51. The van der Waals surface area contributed by atoms with Crippen LogP contribution < -0.4 is 5.32 Å². The van der Waals surface area contributed by atoms with Gasteiger partial charge in [-0.25, -0.2) is 4.98 Å². The summed E-state index contributed by atoms with van der Waals surface area (Å²) in [7, 11) is 0. The average Bonchev–Trinajstić information content (AvgIpc) is 3.08. The van der Waals surface area contributed by atoms with Crippen LogP contribution in [-0.4, -0.2) is 16.1 Å². The average molecular weight is 269 g/mol. The molecule has 1 heterocycles. The smallest absolute Gasteiger partial charge is 0.108 e. The lowest BCUT2D eigenvalue weighted by Crippen LogP contribution is -2.28. The summed E-state index contributed by atoms with van der Waals surface area (Å²) in [6, 6.07) is 9.69. The van der Waals surface area contributed by atoms with Crippen LogP contribution in [0.4, 0.5) is 0 Å². The van der Waals surface area contributed by atoms with E-state index in [0.29, 0.717) is 12.1 Å². The highest BCUT2D eigenvalue weighted by atomic mass is 15.1. The minimum absolute atomic E-state index is 0.408. The molecule has 0 aliphatic heterocycles. The van der Waals surface area contributed by atoms with Crippen LogP contribution in [0.3, 0.4) is 0 Å². The third kappa shape index (κ3) is 2.27. The van der Waals surface area contributed by atoms with Gasteiger partial charge in [0.15, 0.2) is 0 Å². The Morgan fingerprint density at radius 2 is 2.15 bits per heavy atom. The molecule has 0 bridgehead atoms. The highest BCUT2D eigenvalue weighted by Gasteiger charge is 2.33. The summed E-state index contributed by atoms with van der Waals surface area (Å²) in [5.74, 6) is 1.19. The number of aryl methyl sites for hydroxylation is 1. The van der Waals surface area contributed by atoms with Crippen LogP contribution in [-0.2, 0) is 12.8 Å². The van der Waals surface area contributed by atoms with Crippen LogP contribution in [0.1, 0.15) is 49.3 Å². The van der Waals surface area contributed by atoms with Crippen molar-refractivity contribution in [2.75, 3.05) is 6.54 Å². The molecule has 1 aromatic heterocycles. The number of hydrogen-bond acceptors (Lipinski definition) is 2. The van der Waals surface area contributed by atoms with Crippen molar-refractivity contribution in [3.8, 4) is 0 Å². The Balaban J connectivity index is 1.95. The summed E-state index contributed by atoms with van der Waals surface area (Å²) >= 11 is 0. The van der Waals surface area contributed by atoms with Gasteiger partial charge in [-0.1, -0.05) is 38.1 Å². The zero-order valence-electron chi connectivity index (χ0n) is 12.3. The van der Waals surface area contributed by atoms with Crippen LogP contribution in [0.15, 0.2) is 36.7 Å². The van der Waals surface area contributed by atoms with Crippen LogP contribution in [0.2, 0.25) is 0 Å². The molecule has 1 aliphatic carbocycles. The Kier molecular flexibility index (Phi) is 3.88. The molecule has 0 radical (unpaired) electrons. The van der Waals surface area contributed by atoms with Gasteiger partial charge >= 0.3 is 0 Å². The molecular formula is C17H23N3. The topological polar surface area (TPSA) is 29.9 Å². The molecule has 0 saturated carbocycles. The minimum Gasteiger partial charge on any atom is -0.330 e. The molecular weight excluding hydrogens is 246 g/mol. The number of aromatic nitrogens is 2. The van der Waals surface area contributed by atoms with Crippen molar-refractivity contribution in [3.63, 3.8) is 0 Å². The molecule has 3 nitrogen and oxygen atoms in total. The maximum atomic E-state index is 4.49. The Bertz CT molecular complexity index is 573. The quantitative estimate of drug-likeness (QED) is 0.902. The second-order valence-electron chi connectivity index (χ2n) is 5.51. The number of hydrogen-bond donors (Lipinski definition) is 1. The van der Waals surface area contributed by atoms with Crippen molar-refractivity contribution in [1.29, 1.82) is 0 Å². The number of nitrogens with one attached hydrogen (secondary N) is 1. The summed E-state index contributed by atoms with van der Waals surface area (Å²) < 4.78 is 2.37. The van der Waals surface area contributed by atoms with Gasteiger partial charge < -0.3 is 9.88 Å². The molecule has 1 aliphatic rings. The van der Waals surface area contributed by atoms with Crippen LogP contribution >= 0.6 is 0 Å². The molecule has 1 aromatic carbocycles. The Hall–Kier alpha value is -1.61. The van der Waals surface area contributed by atoms with Crippen LogP contribution in [0.5, 0.6) is 0 Å². The third-order valence-corrected chi connectivity index (χ3v) is 4.24. The van der Waals surface area contributed by atoms with E-state index in [4.69, 9.17) is 0 Å². The molecule has 20 heavy (non-hydrogen) atoms. The van der Waals surface area contributed by atoms with Crippen molar-refractivity contribution in [1.82, 2.24) is 14.9 Å². The first-order chi connectivity index (χ1) is 9.85. The molecule has 2 unspecified atom stereocenters. The maximum absolute atomic E-state index is 4.49. The van der Waals surface area contributed by atoms with E-state index < -0.39 is 0 Å². The van der Waals surface area contributed by atoms with E-state index in [1.165, 1.54) is 17.0 Å². The minimum atomic E-state index is 0.408. The fourth-order valence-electron chi connectivity index (χ4n) is 3.30. The first kappa shape index (κ1) is 13.4. The first-order valence-electron chi connectivity index (χ1n) is 7.68. The predicted molar refractivity (Wildman–Crippen MR) is 81.8 cm³/mol. The number of rotatable bonds is 5. The zero-order valence-corrected chi connectivity index (χ0v) is 12.3. The predicted octanol–water partition coefficient (Wildman–Crippen LogP) is 3.28. The maximum Gasteiger partial charge on any atom is 0.108 e. The van der Waals surface area contributed by atoms with Gasteiger partial charge in [-0.3, -0.25) is 0 Å². The molecule has 2 atom stereocenters. The molecule has 0 spiro atoms. The van der Waals surface area contributed by atoms with Crippen molar-refractivity contribution >= 4 is 0 Å². The van der Waals surface area contributed by atoms with Gasteiger partial charge in [0.1, 0.15) is 5.82 Å². The molecule has 3 heteroatoms. The summed E-state index contributed by atoms with van der Waals surface area (Å²) in [6.45, 7) is 5.46. The van der Waals surface area contributed by atoms with E-state index in [-0.39, 0.29) is 0 Å². The highest BCUT2D eigenvalue weighted by Crippen LogP contribution is 2.39. The lowest BCUT2D eigenvalue weighted by atomic mass is 10.1. The fraction of sp³-hybridized carbons (Fsp3) is 0.471. The summed E-state index contributed by atoms with van der Waals surface area (Å²) in [6.07, 6.45) is 7.31. The van der Waals surface area contributed by atoms with Gasteiger partial charge in [0, 0.05) is 18.8 Å². The van der Waals surface area contributed by atoms with Crippen molar-refractivity contribution in [2.24, 2.45) is 0 Å². The van der Waals surface area contributed by atoms with E-state index in [9.17, 15) is 0 Å².